The highest BCUT2D eigenvalue weighted by Crippen LogP contribution is 2.27. The van der Waals surface area contributed by atoms with Crippen molar-refractivity contribution in [2.24, 2.45) is 0 Å². The van der Waals surface area contributed by atoms with Crippen molar-refractivity contribution in [2.45, 2.75) is 51.1 Å². The minimum atomic E-state index is -0.426. The molecule has 0 radical (unpaired) electrons. The Balaban J connectivity index is 1.89. The molecule has 1 aromatic heterocycles. The minimum Gasteiger partial charge on any atom is -0.463 e. The molecule has 1 aromatic rings. The van der Waals surface area contributed by atoms with Crippen molar-refractivity contribution in [3.63, 3.8) is 0 Å². The molecule has 100 valence electrons. The lowest BCUT2D eigenvalue weighted by Crippen LogP contribution is -2.43. The Labute approximate surface area is 108 Å². The molecule has 0 atom stereocenters. The average Bonchev–Trinajstić information content (AvgIpc) is 2.85. The number of ether oxygens (including phenoxy) is 1. The van der Waals surface area contributed by atoms with Crippen LogP contribution in [0.4, 0.5) is 0 Å². The normalized spacial score (nSPS) is 18.6. The van der Waals surface area contributed by atoms with Crippen molar-refractivity contribution in [3.05, 3.63) is 23.7 Å². The first-order valence-electron chi connectivity index (χ1n) is 6.55. The van der Waals surface area contributed by atoms with Crippen LogP contribution in [0.3, 0.4) is 0 Å². The predicted octanol–water partition coefficient (Wildman–Crippen LogP) is 2.88. The molecule has 1 aliphatic rings. The van der Waals surface area contributed by atoms with Crippen molar-refractivity contribution in [3.8, 4) is 0 Å². The van der Waals surface area contributed by atoms with Gasteiger partial charge in [-0.2, -0.15) is 0 Å². The first kappa shape index (κ1) is 13.1. The lowest BCUT2D eigenvalue weighted by atomic mass is 9.83. The zero-order valence-corrected chi connectivity index (χ0v) is 11.1. The van der Waals surface area contributed by atoms with Crippen LogP contribution in [0.15, 0.2) is 16.5 Å². The largest absolute Gasteiger partial charge is 0.463 e. The summed E-state index contributed by atoms with van der Waals surface area (Å²) in [5, 5.41) is 3.54. The first-order chi connectivity index (χ1) is 8.63. The van der Waals surface area contributed by atoms with Crippen LogP contribution in [-0.2, 0) is 11.3 Å². The summed E-state index contributed by atoms with van der Waals surface area (Å²) < 4.78 is 10.0. The van der Waals surface area contributed by atoms with Gasteiger partial charge in [0, 0.05) is 5.54 Å². The van der Waals surface area contributed by atoms with Crippen LogP contribution < -0.4 is 5.32 Å². The number of carbonyl (C=O) groups is 1. The Bertz CT molecular complexity index is 405. The van der Waals surface area contributed by atoms with E-state index in [4.69, 9.17) is 4.42 Å². The number of carbonyl (C=O) groups excluding carboxylic acids is 1. The second-order valence-electron chi connectivity index (χ2n) is 5.23. The van der Waals surface area contributed by atoms with E-state index in [0.717, 1.165) is 5.76 Å². The molecule has 1 fully saturated rings. The SMILES string of the molecule is COC(=O)c1ccc(CNC2(C)CCCCC2)o1. The quantitative estimate of drug-likeness (QED) is 0.836. The second-order valence-corrected chi connectivity index (χ2v) is 5.23. The molecule has 0 aromatic carbocycles. The van der Waals surface area contributed by atoms with E-state index in [1.807, 2.05) is 6.07 Å². The van der Waals surface area contributed by atoms with Crippen LogP contribution >= 0.6 is 0 Å². The van der Waals surface area contributed by atoms with Gasteiger partial charge in [0.2, 0.25) is 5.76 Å². The van der Waals surface area contributed by atoms with Crippen LogP contribution in [-0.4, -0.2) is 18.6 Å². The van der Waals surface area contributed by atoms with Gasteiger partial charge in [0.1, 0.15) is 5.76 Å². The van der Waals surface area contributed by atoms with Gasteiger partial charge in [-0.1, -0.05) is 19.3 Å². The van der Waals surface area contributed by atoms with E-state index in [1.54, 1.807) is 6.07 Å². The van der Waals surface area contributed by atoms with Crippen molar-refractivity contribution in [1.29, 1.82) is 0 Å². The van der Waals surface area contributed by atoms with Crippen LogP contribution in [0, 0.1) is 0 Å². The smallest absolute Gasteiger partial charge is 0.373 e. The highest BCUT2D eigenvalue weighted by Gasteiger charge is 2.26. The van der Waals surface area contributed by atoms with E-state index in [-0.39, 0.29) is 11.3 Å². The van der Waals surface area contributed by atoms with Gasteiger partial charge in [0.15, 0.2) is 0 Å². The van der Waals surface area contributed by atoms with Crippen LogP contribution in [0.2, 0.25) is 0 Å². The number of hydrogen-bond donors (Lipinski definition) is 1. The Hall–Kier alpha value is -1.29. The molecular weight excluding hydrogens is 230 g/mol. The zero-order valence-electron chi connectivity index (χ0n) is 11.1. The van der Waals surface area contributed by atoms with Gasteiger partial charge in [0.25, 0.3) is 0 Å². The third kappa shape index (κ3) is 3.13. The summed E-state index contributed by atoms with van der Waals surface area (Å²) in [7, 11) is 1.35. The van der Waals surface area contributed by atoms with Gasteiger partial charge in [-0.05, 0) is 31.9 Å². The van der Waals surface area contributed by atoms with E-state index in [9.17, 15) is 4.79 Å². The molecular formula is C14H21NO3. The number of rotatable bonds is 4. The summed E-state index contributed by atoms with van der Waals surface area (Å²) in [5.74, 6) is 0.621. The summed E-state index contributed by atoms with van der Waals surface area (Å²) in [6.07, 6.45) is 6.32. The van der Waals surface area contributed by atoms with E-state index in [2.05, 4.69) is 17.0 Å². The van der Waals surface area contributed by atoms with Crippen LogP contribution in [0.1, 0.15) is 55.3 Å². The predicted molar refractivity (Wildman–Crippen MR) is 68.4 cm³/mol. The summed E-state index contributed by atoms with van der Waals surface area (Å²) in [4.78, 5) is 11.3. The molecule has 4 nitrogen and oxygen atoms in total. The van der Waals surface area contributed by atoms with E-state index >= 15 is 0 Å². The third-order valence-electron chi connectivity index (χ3n) is 3.69. The van der Waals surface area contributed by atoms with E-state index < -0.39 is 5.97 Å². The first-order valence-corrected chi connectivity index (χ1v) is 6.55. The molecule has 4 heteroatoms. The summed E-state index contributed by atoms with van der Waals surface area (Å²) in [6.45, 7) is 2.92. The second kappa shape index (κ2) is 5.57. The molecule has 2 rings (SSSR count). The highest BCUT2D eigenvalue weighted by molar-refractivity contribution is 5.86. The maximum atomic E-state index is 11.3. The standard InChI is InChI=1S/C14H21NO3/c1-14(8-4-3-5-9-14)15-10-11-6-7-12(18-11)13(16)17-2/h6-7,15H,3-5,8-10H2,1-2H3. The number of methoxy groups -OCH3 is 1. The lowest BCUT2D eigenvalue weighted by Gasteiger charge is -2.34. The fourth-order valence-electron chi connectivity index (χ4n) is 2.49. The molecule has 0 amide bonds. The summed E-state index contributed by atoms with van der Waals surface area (Å²) >= 11 is 0. The van der Waals surface area contributed by atoms with Gasteiger partial charge >= 0.3 is 5.97 Å². The maximum absolute atomic E-state index is 11.3. The lowest BCUT2D eigenvalue weighted by molar-refractivity contribution is 0.0562. The monoisotopic (exact) mass is 251 g/mol. The summed E-state index contributed by atoms with van der Waals surface area (Å²) in [5.41, 5.74) is 0.205. The van der Waals surface area contributed by atoms with E-state index in [1.165, 1.54) is 39.2 Å². The van der Waals surface area contributed by atoms with Gasteiger partial charge in [0.05, 0.1) is 13.7 Å². The molecule has 0 unspecified atom stereocenters. The van der Waals surface area contributed by atoms with Crippen LogP contribution in [0.5, 0.6) is 0 Å². The van der Waals surface area contributed by atoms with Crippen molar-refractivity contribution < 1.29 is 13.9 Å². The van der Waals surface area contributed by atoms with E-state index in [0.29, 0.717) is 6.54 Å². The van der Waals surface area contributed by atoms with Gasteiger partial charge in [-0.15, -0.1) is 0 Å². The Morgan fingerprint density at radius 2 is 2.11 bits per heavy atom. The highest BCUT2D eigenvalue weighted by atomic mass is 16.5. The topological polar surface area (TPSA) is 51.5 Å². The fraction of sp³-hybridized carbons (Fsp3) is 0.643. The Morgan fingerprint density at radius 1 is 1.39 bits per heavy atom. The number of esters is 1. The molecule has 18 heavy (non-hydrogen) atoms. The van der Waals surface area contributed by atoms with Gasteiger partial charge in [-0.3, -0.25) is 0 Å². The van der Waals surface area contributed by atoms with Gasteiger partial charge < -0.3 is 14.5 Å². The van der Waals surface area contributed by atoms with Crippen molar-refractivity contribution in [1.82, 2.24) is 5.32 Å². The molecule has 0 spiro atoms. The maximum Gasteiger partial charge on any atom is 0.373 e. The number of nitrogens with one attached hydrogen (secondary N) is 1. The molecule has 0 aliphatic heterocycles. The number of hydrogen-bond acceptors (Lipinski definition) is 4. The van der Waals surface area contributed by atoms with Crippen molar-refractivity contribution >= 4 is 5.97 Å². The Morgan fingerprint density at radius 3 is 2.78 bits per heavy atom. The van der Waals surface area contributed by atoms with Crippen molar-refractivity contribution in [2.75, 3.05) is 7.11 Å². The van der Waals surface area contributed by atoms with Crippen LogP contribution in [0.25, 0.3) is 0 Å². The average molecular weight is 251 g/mol. The fourth-order valence-corrected chi connectivity index (χ4v) is 2.49. The zero-order chi connectivity index (χ0) is 13.0. The van der Waals surface area contributed by atoms with Gasteiger partial charge in [-0.25, -0.2) is 4.79 Å². The number of furan rings is 1. The Kier molecular flexibility index (Phi) is 4.07. The molecule has 1 aliphatic carbocycles. The minimum absolute atomic E-state index is 0.205. The molecule has 1 N–H and O–H groups in total. The summed E-state index contributed by atoms with van der Waals surface area (Å²) in [6, 6.07) is 3.48. The third-order valence-corrected chi connectivity index (χ3v) is 3.69. The molecule has 1 saturated carbocycles. The molecule has 1 heterocycles. The molecule has 0 saturated heterocycles. The molecule has 0 bridgehead atoms.